The van der Waals surface area contributed by atoms with Crippen molar-refractivity contribution in [2.24, 2.45) is 0 Å². The smallest absolute Gasteiger partial charge is 0.236 e. The van der Waals surface area contributed by atoms with Crippen LogP contribution in [0.2, 0.25) is 0 Å². The number of pyridine rings is 1. The molecule has 1 saturated heterocycles. The van der Waals surface area contributed by atoms with Crippen molar-refractivity contribution in [1.29, 1.82) is 0 Å². The van der Waals surface area contributed by atoms with Crippen LogP contribution in [0, 0.1) is 0 Å². The molecule has 3 rings (SSSR count). The van der Waals surface area contributed by atoms with Gasteiger partial charge in [0.25, 0.3) is 0 Å². The number of methoxy groups -OCH3 is 1. The molecular formula is C21H27N3O2. The maximum atomic E-state index is 12.4. The van der Waals surface area contributed by atoms with E-state index in [4.69, 9.17) is 9.72 Å². The minimum absolute atomic E-state index is 0.195. The molecule has 1 aliphatic rings. The largest absolute Gasteiger partial charge is 0.496 e. The van der Waals surface area contributed by atoms with Crippen LogP contribution in [0.25, 0.3) is 11.3 Å². The number of ether oxygens (including phenoxy) is 1. The summed E-state index contributed by atoms with van der Waals surface area (Å²) in [6.07, 6.45) is 2.08. The fraction of sp³-hybridized carbons (Fsp3) is 0.429. The van der Waals surface area contributed by atoms with Gasteiger partial charge in [-0.2, -0.15) is 0 Å². The first-order valence-electron chi connectivity index (χ1n) is 9.11. The fourth-order valence-corrected chi connectivity index (χ4v) is 3.50. The molecule has 5 heteroatoms. The van der Waals surface area contributed by atoms with Gasteiger partial charge >= 0.3 is 0 Å². The Morgan fingerprint density at radius 3 is 2.81 bits per heavy atom. The molecule has 0 radical (unpaired) electrons. The van der Waals surface area contributed by atoms with E-state index in [1.54, 1.807) is 7.11 Å². The van der Waals surface area contributed by atoms with Crippen LogP contribution in [0.4, 0.5) is 0 Å². The third-order valence-electron chi connectivity index (χ3n) is 4.80. The van der Waals surface area contributed by atoms with Crippen LogP contribution in [0.15, 0.2) is 42.5 Å². The molecule has 1 fully saturated rings. The van der Waals surface area contributed by atoms with E-state index in [-0.39, 0.29) is 11.8 Å². The van der Waals surface area contributed by atoms with Crippen LogP contribution in [-0.2, 0) is 4.79 Å². The highest BCUT2D eigenvalue weighted by atomic mass is 16.5. The lowest BCUT2D eigenvalue weighted by atomic mass is 9.93. The van der Waals surface area contributed by atoms with Gasteiger partial charge in [0.2, 0.25) is 5.91 Å². The number of piperidine rings is 1. The molecule has 1 aliphatic heterocycles. The maximum absolute atomic E-state index is 12.4. The van der Waals surface area contributed by atoms with Gasteiger partial charge in [0, 0.05) is 30.3 Å². The van der Waals surface area contributed by atoms with E-state index >= 15 is 0 Å². The van der Waals surface area contributed by atoms with E-state index in [1.807, 2.05) is 60.3 Å². The topological polar surface area (TPSA) is 45.7 Å². The highest BCUT2D eigenvalue weighted by molar-refractivity contribution is 5.78. The van der Waals surface area contributed by atoms with Crippen molar-refractivity contribution in [3.8, 4) is 17.0 Å². The molecule has 0 saturated carbocycles. The molecule has 0 aliphatic carbocycles. The number of rotatable bonds is 5. The Morgan fingerprint density at radius 1 is 1.23 bits per heavy atom. The summed E-state index contributed by atoms with van der Waals surface area (Å²) in [5.74, 6) is 1.30. The number of carbonyl (C=O) groups is 1. The number of hydrogen-bond acceptors (Lipinski definition) is 4. The molecule has 1 aromatic carbocycles. The summed E-state index contributed by atoms with van der Waals surface area (Å²) in [5.41, 5.74) is 2.96. The lowest BCUT2D eigenvalue weighted by Crippen LogP contribution is -2.43. The van der Waals surface area contributed by atoms with Crippen molar-refractivity contribution in [2.75, 3.05) is 40.8 Å². The van der Waals surface area contributed by atoms with E-state index in [0.29, 0.717) is 6.54 Å². The maximum Gasteiger partial charge on any atom is 0.236 e. The summed E-state index contributed by atoms with van der Waals surface area (Å²) in [6, 6.07) is 14.1. The van der Waals surface area contributed by atoms with Gasteiger partial charge < -0.3 is 14.5 Å². The number of carbonyl (C=O) groups excluding carboxylic acids is 1. The molecule has 1 unspecified atom stereocenters. The minimum atomic E-state index is 0.195. The van der Waals surface area contributed by atoms with E-state index in [0.717, 1.165) is 48.6 Å². The summed E-state index contributed by atoms with van der Waals surface area (Å²) in [4.78, 5) is 21.2. The predicted molar refractivity (Wildman–Crippen MR) is 103 cm³/mol. The molecule has 0 bridgehead atoms. The van der Waals surface area contributed by atoms with Gasteiger partial charge in [-0.15, -0.1) is 0 Å². The van der Waals surface area contributed by atoms with E-state index < -0.39 is 0 Å². The molecule has 2 aromatic rings. The third kappa shape index (κ3) is 4.22. The first-order chi connectivity index (χ1) is 12.6. The van der Waals surface area contributed by atoms with Gasteiger partial charge in [0.1, 0.15) is 5.75 Å². The highest BCUT2D eigenvalue weighted by Crippen LogP contribution is 2.31. The molecule has 1 amide bonds. The van der Waals surface area contributed by atoms with Crippen LogP contribution < -0.4 is 4.74 Å². The molecule has 1 aromatic heterocycles. The molecular weight excluding hydrogens is 326 g/mol. The van der Waals surface area contributed by atoms with Crippen molar-refractivity contribution in [3.63, 3.8) is 0 Å². The monoisotopic (exact) mass is 353 g/mol. The molecule has 0 spiro atoms. The van der Waals surface area contributed by atoms with Gasteiger partial charge in [0.15, 0.2) is 0 Å². The number of likely N-dealkylation sites (N-methyl/N-ethyl adjacent to an activating group) is 1. The standard InChI is InChI=1S/C21H27N3O2/c1-23(2)15-21(25)24-13-7-8-16(14-24)18-10-6-11-19(22-18)17-9-4-5-12-20(17)26-3/h4-6,9-12,16H,7-8,13-15H2,1-3H3. The second-order valence-corrected chi connectivity index (χ2v) is 7.06. The van der Waals surface area contributed by atoms with Crippen molar-refractivity contribution in [2.45, 2.75) is 18.8 Å². The normalized spacial score (nSPS) is 17.4. The number of likely N-dealkylation sites (tertiary alicyclic amines) is 1. The average Bonchev–Trinajstić information content (AvgIpc) is 2.67. The number of amides is 1. The zero-order chi connectivity index (χ0) is 18.5. The second kappa shape index (κ2) is 8.32. The van der Waals surface area contributed by atoms with Gasteiger partial charge in [-0.1, -0.05) is 18.2 Å². The lowest BCUT2D eigenvalue weighted by Gasteiger charge is -2.33. The zero-order valence-electron chi connectivity index (χ0n) is 15.8. The predicted octanol–water partition coefficient (Wildman–Crippen LogP) is 3.02. The Labute approximate surface area is 155 Å². The SMILES string of the molecule is COc1ccccc1-c1cccc(C2CCCN(C(=O)CN(C)C)C2)n1. The molecule has 0 N–H and O–H groups in total. The summed E-state index contributed by atoms with van der Waals surface area (Å²) >= 11 is 0. The number of hydrogen-bond donors (Lipinski definition) is 0. The minimum Gasteiger partial charge on any atom is -0.496 e. The summed E-state index contributed by atoms with van der Waals surface area (Å²) < 4.78 is 5.47. The summed E-state index contributed by atoms with van der Waals surface area (Å²) in [5, 5.41) is 0. The van der Waals surface area contributed by atoms with Gasteiger partial charge in [-0.25, -0.2) is 0 Å². The molecule has 2 heterocycles. The van der Waals surface area contributed by atoms with E-state index in [1.165, 1.54) is 0 Å². The number of benzene rings is 1. The van der Waals surface area contributed by atoms with Crippen molar-refractivity contribution in [3.05, 3.63) is 48.2 Å². The number of nitrogens with zero attached hydrogens (tertiary/aromatic N) is 3. The Morgan fingerprint density at radius 2 is 2.04 bits per heavy atom. The zero-order valence-corrected chi connectivity index (χ0v) is 15.8. The van der Waals surface area contributed by atoms with Crippen LogP contribution in [0.1, 0.15) is 24.5 Å². The molecule has 5 nitrogen and oxygen atoms in total. The summed E-state index contributed by atoms with van der Waals surface area (Å²) in [6.45, 7) is 2.05. The molecule has 138 valence electrons. The Bertz CT molecular complexity index is 760. The Hall–Kier alpha value is -2.40. The van der Waals surface area contributed by atoms with Crippen LogP contribution in [0.3, 0.4) is 0 Å². The summed E-state index contributed by atoms with van der Waals surface area (Å²) in [7, 11) is 5.53. The quantitative estimate of drug-likeness (QED) is 0.829. The molecule has 1 atom stereocenters. The first kappa shape index (κ1) is 18.4. The van der Waals surface area contributed by atoms with Crippen molar-refractivity contribution in [1.82, 2.24) is 14.8 Å². The first-order valence-corrected chi connectivity index (χ1v) is 9.11. The van der Waals surface area contributed by atoms with Crippen LogP contribution >= 0.6 is 0 Å². The van der Waals surface area contributed by atoms with Crippen LogP contribution in [-0.4, -0.2) is 61.5 Å². The van der Waals surface area contributed by atoms with Gasteiger partial charge in [-0.05, 0) is 51.2 Å². The average molecular weight is 353 g/mol. The van der Waals surface area contributed by atoms with Crippen molar-refractivity contribution >= 4 is 5.91 Å². The Kier molecular flexibility index (Phi) is 5.89. The molecule has 26 heavy (non-hydrogen) atoms. The van der Waals surface area contributed by atoms with Crippen molar-refractivity contribution < 1.29 is 9.53 Å². The highest BCUT2D eigenvalue weighted by Gasteiger charge is 2.26. The number of aromatic nitrogens is 1. The van der Waals surface area contributed by atoms with Gasteiger partial charge in [0.05, 0.1) is 19.3 Å². The van der Waals surface area contributed by atoms with E-state index in [9.17, 15) is 4.79 Å². The van der Waals surface area contributed by atoms with Gasteiger partial charge in [-0.3, -0.25) is 9.78 Å². The van der Waals surface area contributed by atoms with E-state index in [2.05, 4.69) is 6.07 Å². The number of para-hydroxylation sites is 1. The second-order valence-electron chi connectivity index (χ2n) is 7.06. The third-order valence-corrected chi connectivity index (χ3v) is 4.80. The lowest BCUT2D eigenvalue weighted by molar-refractivity contribution is -0.133. The van der Waals surface area contributed by atoms with Crippen LogP contribution in [0.5, 0.6) is 5.75 Å². The fourth-order valence-electron chi connectivity index (χ4n) is 3.50. The Balaban J connectivity index is 1.80.